The third-order valence-electron chi connectivity index (χ3n) is 2.21. The number of carbonyl (C=O) groups is 1. The molecule has 0 aromatic rings. The SMILES string of the molecule is CNC(=O)C1C[N]CCCN1C. The van der Waals surface area contributed by atoms with Gasteiger partial charge in [-0.15, -0.1) is 0 Å². The first-order valence-electron chi connectivity index (χ1n) is 4.31. The summed E-state index contributed by atoms with van der Waals surface area (Å²) in [5, 5.41) is 6.92. The highest BCUT2D eigenvalue weighted by Gasteiger charge is 2.23. The monoisotopic (exact) mass is 170 g/mol. The van der Waals surface area contributed by atoms with Crippen molar-refractivity contribution in [1.29, 1.82) is 0 Å². The predicted molar refractivity (Wildman–Crippen MR) is 47.0 cm³/mol. The Hall–Kier alpha value is -0.610. The molecule has 1 saturated heterocycles. The number of likely N-dealkylation sites (N-methyl/N-ethyl adjacent to an activating group) is 2. The average Bonchev–Trinajstić information content (AvgIpc) is 2.28. The van der Waals surface area contributed by atoms with Crippen molar-refractivity contribution in [2.75, 3.05) is 33.7 Å². The molecule has 12 heavy (non-hydrogen) atoms. The fourth-order valence-electron chi connectivity index (χ4n) is 1.39. The number of rotatable bonds is 1. The van der Waals surface area contributed by atoms with Crippen molar-refractivity contribution < 1.29 is 4.79 Å². The van der Waals surface area contributed by atoms with Crippen molar-refractivity contribution in [1.82, 2.24) is 15.5 Å². The van der Waals surface area contributed by atoms with Gasteiger partial charge in [0.1, 0.15) is 6.04 Å². The second-order valence-corrected chi connectivity index (χ2v) is 3.09. The summed E-state index contributed by atoms with van der Waals surface area (Å²) >= 11 is 0. The van der Waals surface area contributed by atoms with Crippen molar-refractivity contribution in [3.8, 4) is 0 Å². The second-order valence-electron chi connectivity index (χ2n) is 3.09. The quantitative estimate of drug-likeness (QED) is 0.551. The molecule has 1 aliphatic rings. The van der Waals surface area contributed by atoms with Gasteiger partial charge in [0.2, 0.25) is 5.91 Å². The molecule has 1 heterocycles. The molecule has 1 fully saturated rings. The van der Waals surface area contributed by atoms with Crippen LogP contribution in [0.15, 0.2) is 0 Å². The molecule has 4 nitrogen and oxygen atoms in total. The van der Waals surface area contributed by atoms with Crippen LogP contribution < -0.4 is 10.6 Å². The highest BCUT2D eigenvalue weighted by atomic mass is 16.2. The van der Waals surface area contributed by atoms with E-state index in [0.29, 0.717) is 6.54 Å². The lowest BCUT2D eigenvalue weighted by molar-refractivity contribution is -0.125. The van der Waals surface area contributed by atoms with E-state index in [-0.39, 0.29) is 11.9 Å². The fraction of sp³-hybridized carbons (Fsp3) is 0.875. The largest absolute Gasteiger partial charge is 0.358 e. The van der Waals surface area contributed by atoms with Crippen LogP contribution in [0.1, 0.15) is 6.42 Å². The van der Waals surface area contributed by atoms with Crippen LogP contribution >= 0.6 is 0 Å². The number of nitrogens with zero attached hydrogens (tertiary/aromatic N) is 2. The summed E-state index contributed by atoms with van der Waals surface area (Å²) < 4.78 is 0. The lowest BCUT2D eigenvalue weighted by atomic mass is 10.2. The highest BCUT2D eigenvalue weighted by Crippen LogP contribution is 2.01. The lowest BCUT2D eigenvalue weighted by Gasteiger charge is -2.22. The van der Waals surface area contributed by atoms with E-state index in [1.165, 1.54) is 0 Å². The highest BCUT2D eigenvalue weighted by molar-refractivity contribution is 5.81. The first-order valence-corrected chi connectivity index (χ1v) is 4.31. The number of hydrogen-bond donors (Lipinski definition) is 1. The van der Waals surface area contributed by atoms with Crippen molar-refractivity contribution in [3.63, 3.8) is 0 Å². The summed E-state index contributed by atoms with van der Waals surface area (Å²) in [5.74, 6) is 0.0724. The first-order chi connectivity index (χ1) is 5.75. The van der Waals surface area contributed by atoms with E-state index in [1.807, 2.05) is 7.05 Å². The van der Waals surface area contributed by atoms with Crippen molar-refractivity contribution >= 4 is 5.91 Å². The Morgan fingerprint density at radius 3 is 3.08 bits per heavy atom. The number of hydrogen-bond acceptors (Lipinski definition) is 2. The molecular weight excluding hydrogens is 154 g/mol. The van der Waals surface area contributed by atoms with E-state index in [9.17, 15) is 4.79 Å². The van der Waals surface area contributed by atoms with Crippen LogP contribution in [0, 0.1) is 0 Å². The molecule has 1 aliphatic heterocycles. The summed E-state index contributed by atoms with van der Waals surface area (Å²) in [5.41, 5.74) is 0. The van der Waals surface area contributed by atoms with Gasteiger partial charge in [-0.05, 0) is 20.0 Å². The molecule has 4 heteroatoms. The Morgan fingerprint density at radius 1 is 1.67 bits per heavy atom. The molecule has 1 unspecified atom stereocenters. The van der Waals surface area contributed by atoms with Crippen LogP contribution in [0.25, 0.3) is 0 Å². The van der Waals surface area contributed by atoms with Crippen molar-refractivity contribution in [2.24, 2.45) is 0 Å². The topological polar surface area (TPSA) is 46.4 Å². The minimum Gasteiger partial charge on any atom is -0.358 e. The molecule has 1 radical (unpaired) electrons. The van der Waals surface area contributed by atoms with Crippen LogP contribution in [0.4, 0.5) is 0 Å². The lowest BCUT2D eigenvalue weighted by Crippen LogP contribution is -2.46. The third kappa shape index (κ3) is 2.19. The molecule has 0 aromatic heterocycles. The zero-order valence-corrected chi connectivity index (χ0v) is 7.71. The Balaban J connectivity index is 2.52. The van der Waals surface area contributed by atoms with Crippen molar-refractivity contribution in [3.05, 3.63) is 0 Å². The maximum atomic E-state index is 11.3. The molecule has 0 spiro atoms. The van der Waals surface area contributed by atoms with Gasteiger partial charge in [0, 0.05) is 20.1 Å². The summed E-state index contributed by atoms with van der Waals surface area (Å²) in [7, 11) is 3.64. The molecule has 1 atom stereocenters. The Bertz CT molecular complexity index is 160. The van der Waals surface area contributed by atoms with Crippen LogP contribution in [0.3, 0.4) is 0 Å². The van der Waals surface area contributed by atoms with E-state index in [2.05, 4.69) is 15.5 Å². The molecule has 1 rings (SSSR count). The van der Waals surface area contributed by atoms with Gasteiger partial charge >= 0.3 is 0 Å². The Labute approximate surface area is 73.3 Å². The normalized spacial score (nSPS) is 26.3. The molecule has 69 valence electrons. The van der Waals surface area contributed by atoms with E-state index in [0.717, 1.165) is 19.5 Å². The van der Waals surface area contributed by atoms with Crippen LogP contribution in [-0.2, 0) is 4.79 Å². The molecule has 0 saturated carbocycles. The van der Waals surface area contributed by atoms with Gasteiger partial charge < -0.3 is 5.32 Å². The van der Waals surface area contributed by atoms with Gasteiger partial charge in [0.15, 0.2) is 0 Å². The van der Waals surface area contributed by atoms with E-state index >= 15 is 0 Å². The maximum absolute atomic E-state index is 11.3. The zero-order valence-electron chi connectivity index (χ0n) is 7.71. The van der Waals surface area contributed by atoms with Crippen LogP contribution in [-0.4, -0.2) is 50.6 Å². The predicted octanol–water partition coefficient (Wildman–Crippen LogP) is -0.959. The van der Waals surface area contributed by atoms with E-state index in [1.54, 1.807) is 7.05 Å². The molecule has 0 bridgehead atoms. The molecule has 0 aromatic carbocycles. The maximum Gasteiger partial charge on any atom is 0.238 e. The van der Waals surface area contributed by atoms with Crippen LogP contribution in [0.5, 0.6) is 0 Å². The molecular formula is C8H16N3O. The summed E-state index contributed by atoms with van der Waals surface area (Å²) in [6.07, 6.45) is 1.06. The average molecular weight is 170 g/mol. The Kier molecular flexibility index (Phi) is 3.49. The van der Waals surface area contributed by atoms with Gasteiger partial charge in [-0.1, -0.05) is 0 Å². The van der Waals surface area contributed by atoms with Crippen molar-refractivity contribution in [2.45, 2.75) is 12.5 Å². The molecule has 0 aliphatic carbocycles. The van der Waals surface area contributed by atoms with Gasteiger partial charge in [-0.3, -0.25) is 9.69 Å². The van der Waals surface area contributed by atoms with Gasteiger partial charge in [0.25, 0.3) is 0 Å². The second kappa shape index (κ2) is 4.42. The van der Waals surface area contributed by atoms with Crippen LogP contribution in [0.2, 0.25) is 0 Å². The first kappa shape index (κ1) is 9.48. The number of carbonyl (C=O) groups excluding carboxylic acids is 1. The van der Waals surface area contributed by atoms with Gasteiger partial charge in [-0.25, -0.2) is 5.32 Å². The number of amides is 1. The Morgan fingerprint density at radius 2 is 2.42 bits per heavy atom. The van der Waals surface area contributed by atoms with E-state index < -0.39 is 0 Å². The standard InChI is InChI=1S/C8H16N3O/c1-9-8(12)7-6-10-4-3-5-11(7)2/h7H,3-6H2,1-2H3,(H,9,12). The summed E-state index contributed by atoms with van der Waals surface area (Å²) in [6.45, 7) is 2.48. The van der Waals surface area contributed by atoms with Gasteiger partial charge in [0.05, 0.1) is 0 Å². The summed E-state index contributed by atoms with van der Waals surface area (Å²) in [4.78, 5) is 13.4. The third-order valence-corrected chi connectivity index (χ3v) is 2.21. The number of nitrogens with one attached hydrogen (secondary N) is 1. The zero-order chi connectivity index (χ0) is 8.97. The minimum absolute atomic E-state index is 0.0579. The smallest absolute Gasteiger partial charge is 0.238 e. The van der Waals surface area contributed by atoms with Gasteiger partial charge in [-0.2, -0.15) is 0 Å². The molecule has 1 amide bonds. The van der Waals surface area contributed by atoms with E-state index in [4.69, 9.17) is 0 Å². The minimum atomic E-state index is -0.0579. The molecule has 1 N–H and O–H groups in total. The fourth-order valence-corrected chi connectivity index (χ4v) is 1.39. The summed E-state index contributed by atoms with van der Waals surface area (Å²) in [6, 6.07) is -0.0579.